The van der Waals surface area contributed by atoms with Crippen molar-refractivity contribution in [2.75, 3.05) is 7.05 Å². The van der Waals surface area contributed by atoms with Crippen molar-refractivity contribution >= 4 is 10.8 Å². The van der Waals surface area contributed by atoms with Crippen molar-refractivity contribution in [1.82, 2.24) is 24.6 Å². The zero-order valence-corrected chi connectivity index (χ0v) is 16.4. The highest BCUT2D eigenvalue weighted by atomic mass is 16.3. The van der Waals surface area contributed by atoms with E-state index in [-0.39, 0.29) is 5.88 Å². The van der Waals surface area contributed by atoms with Crippen molar-refractivity contribution in [3.05, 3.63) is 77.9 Å². The van der Waals surface area contributed by atoms with Crippen molar-refractivity contribution in [2.24, 2.45) is 0 Å². The van der Waals surface area contributed by atoms with E-state index in [1.165, 1.54) is 5.39 Å². The second-order valence-corrected chi connectivity index (χ2v) is 7.68. The number of aromatic nitrogens is 4. The van der Waals surface area contributed by atoms with Gasteiger partial charge in [-0.15, -0.1) is 0 Å². The minimum Gasteiger partial charge on any atom is -0.493 e. The molecule has 0 aliphatic heterocycles. The molecule has 0 spiro atoms. The SMILES string of the molecule is CN(Cc1cc2ccccc2cn1)C1CCc2nn(-c3ccccn3)c(O)c2C1. The van der Waals surface area contributed by atoms with Gasteiger partial charge in [0.05, 0.1) is 11.4 Å². The van der Waals surface area contributed by atoms with E-state index >= 15 is 0 Å². The molecule has 0 amide bonds. The van der Waals surface area contributed by atoms with Gasteiger partial charge >= 0.3 is 0 Å². The molecule has 4 aromatic rings. The summed E-state index contributed by atoms with van der Waals surface area (Å²) in [5.74, 6) is 0.852. The third-order valence-corrected chi connectivity index (χ3v) is 5.78. The van der Waals surface area contributed by atoms with Crippen molar-refractivity contribution < 1.29 is 5.11 Å². The van der Waals surface area contributed by atoms with E-state index in [0.717, 1.165) is 48.1 Å². The number of nitrogens with zero attached hydrogens (tertiary/aromatic N) is 5. The molecule has 1 aliphatic rings. The van der Waals surface area contributed by atoms with Crippen LogP contribution in [0, 0.1) is 0 Å². The van der Waals surface area contributed by atoms with Gasteiger partial charge in [0, 0.05) is 35.9 Å². The van der Waals surface area contributed by atoms with E-state index < -0.39 is 0 Å². The maximum atomic E-state index is 10.8. The number of aromatic hydroxyl groups is 1. The van der Waals surface area contributed by atoms with Gasteiger partial charge in [-0.25, -0.2) is 4.98 Å². The molecule has 6 heteroatoms. The summed E-state index contributed by atoms with van der Waals surface area (Å²) < 4.78 is 1.55. The largest absolute Gasteiger partial charge is 0.493 e. The second kappa shape index (κ2) is 7.29. The van der Waals surface area contributed by atoms with Crippen molar-refractivity contribution in [2.45, 2.75) is 31.8 Å². The van der Waals surface area contributed by atoms with E-state index in [9.17, 15) is 5.11 Å². The zero-order chi connectivity index (χ0) is 19.8. The zero-order valence-electron chi connectivity index (χ0n) is 16.4. The van der Waals surface area contributed by atoms with Gasteiger partial charge in [0.25, 0.3) is 0 Å². The second-order valence-electron chi connectivity index (χ2n) is 7.68. The number of likely N-dealkylation sites (N-methyl/N-ethyl adjacent to an activating group) is 1. The molecule has 0 radical (unpaired) electrons. The van der Waals surface area contributed by atoms with E-state index in [1.807, 2.05) is 30.5 Å². The lowest BCUT2D eigenvalue weighted by Crippen LogP contribution is -2.36. The Hall–Kier alpha value is -3.25. The lowest BCUT2D eigenvalue weighted by atomic mass is 9.92. The monoisotopic (exact) mass is 385 g/mol. The highest BCUT2D eigenvalue weighted by Gasteiger charge is 2.29. The molecule has 0 saturated heterocycles. The molecule has 0 saturated carbocycles. The molecule has 1 atom stereocenters. The Morgan fingerprint density at radius 3 is 2.76 bits per heavy atom. The van der Waals surface area contributed by atoms with E-state index in [0.29, 0.717) is 11.9 Å². The number of fused-ring (bicyclic) bond motifs is 2. The van der Waals surface area contributed by atoms with Gasteiger partial charge in [-0.05, 0) is 49.9 Å². The standard InChI is InChI=1S/C23H23N5O/c1-27(15-18-12-16-6-2-3-7-17(16)14-25-18)19-9-10-21-20(13-19)23(29)28(26-21)22-8-4-5-11-24-22/h2-8,11-12,14,19,29H,9-10,13,15H2,1H3. The summed E-state index contributed by atoms with van der Waals surface area (Å²) in [6.45, 7) is 0.778. The molecule has 1 aromatic carbocycles. The lowest BCUT2D eigenvalue weighted by Gasteiger charge is -2.30. The summed E-state index contributed by atoms with van der Waals surface area (Å²) in [6.07, 6.45) is 6.29. The molecule has 1 unspecified atom stereocenters. The van der Waals surface area contributed by atoms with Crippen LogP contribution in [-0.2, 0) is 19.4 Å². The van der Waals surface area contributed by atoms with Crippen molar-refractivity contribution in [3.8, 4) is 11.7 Å². The fraction of sp³-hybridized carbons (Fsp3) is 0.261. The van der Waals surface area contributed by atoms with Gasteiger partial charge in [0.1, 0.15) is 0 Å². The minimum absolute atomic E-state index is 0.209. The van der Waals surface area contributed by atoms with Gasteiger partial charge in [-0.3, -0.25) is 9.88 Å². The predicted molar refractivity (Wildman–Crippen MR) is 112 cm³/mol. The molecule has 0 fully saturated rings. The van der Waals surface area contributed by atoms with Crippen LogP contribution in [0.15, 0.2) is 60.9 Å². The molecule has 6 nitrogen and oxygen atoms in total. The number of hydrogen-bond acceptors (Lipinski definition) is 5. The van der Waals surface area contributed by atoms with Crippen LogP contribution in [0.3, 0.4) is 0 Å². The van der Waals surface area contributed by atoms with Crippen molar-refractivity contribution in [3.63, 3.8) is 0 Å². The molecule has 1 N–H and O–H groups in total. The average molecular weight is 385 g/mol. The van der Waals surface area contributed by atoms with Crippen LogP contribution in [0.4, 0.5) is 0 Å². The fourth-order valence-electron chi connectivity index (χ4n) is 4.15. The maximum Gasteiger partial charge on any atom is 0.219 e. The quantitative estimate of drug-likeness (QED) is 0.582. The number of rotatable bonds is 4. The highest BCUT2D eigenvalue weighted by Crippen LogP contribution is 2.32. The molecule has 146 valence electrons. The summed E-state index contributed by atoms with van der Waals surface area (Å²) >= 11 is 0. The van der Waals surface area contributed by atoms with Crippen LogP contribution in [0.25, 0.3) is 16.6 Å². The molecule has 3 aromatic heterocycles. The maximum absolute atomic E-state index is 10.8. The Balaban J connectivity index is 1.35. The fourth-order valence-corrected chi connectivity index (χ4v) is 4.15. The van der Waals surface area contributed by atoms with Crippen LogP contribution in [0.5, 0.6) is 5.88 Å². The highest BCUT2D eigenvalue weighted by molar-refractivity contribution is 5.81. The Kier molecular flexibility index (Phi) is 4.48. The molecule has 0 bridgehead atoms. The Labute approximate surface area is 169 Å². The van der Waals surface area contributed by atoms with Gasteiger partial charge in [-0.2, -0.15) is 9.78 Å². The first-order chi connectivity index (χ1) is 14.2. The van der Waals surface area contributed by atoms with Crippen LogP contribution in [-0.4, -0.2) is 42.8 Å². The smallest absolute Gasteiger partial charge is 0.219 e. The lowest BCUT2D eigenvalue weighted by molar-refractivity contribution is 0.210. The molecular formula is C23H23N5O. The molecule has 29 heavy (non-hydrogen) atoms. The third-order valence-electron chi connectivity index (χ3n) is 5.78. The molecular weight excluding hydrogens is 362 g/mol. The number of aryl methyl sites for hydroxylation is 1. The van der Waals surface area contributed by atoms with Crippen LogP contribution in [0.2, 0.25) is 0 Å². The average Bonchev–Trinajstić information content (AvgIpc) is 3.10. The summed E-state index contributed by atoms with van der Waals surface area (Å²) in [6, 6.07) is 16.4. The first-order valence-electron chi connectivity index (χ1n) is 9.94. The summed E-state index contributed by atoms with van der Waals surface area (Å²) in [5.41, 5.74) is 2.97. The van der Waals surface area contributed by atoms with Gasteiger partial charge in [-0.1, -0.05) is 30.3 Å². The first-order valence-corrected chi connectivity index (χ1v) is 9.94. The van der Waals surface area contributed by atoms with Crippen LogP contribution < -0.4 is 0 Å². The Morgan fingerprint density at radius 1 is 1.10 bits per heavy atom. The summed E-state index contributed by atoms with van der Waals surface area (Å²) in [4.78, 5) is 11.3. The number of hydrogen-bond donors (Lipinski definition) is 1. The Morgan fingerprint density at radius 2 is 1.93 bits per heavy atom. The van der Waals surface area contributed by atoms with E-state index in [1.54, 1.807) is 10.9 Å². The van der Waals surface area contributed by atoms with Gasteiger partial charge < -0.3 is 5.11 Å². The molecule has 1 aliphatic carbocycles. The third kappa shape index (κ3) is 3.36. The topological polar surface area (TPSA) is 67.1 Å². The predicted octanol–water partition coefficient (Wildman–Crippen LogP) is 3.51. The molecule has 5 rings (SSSR count). The normalized spacial score (nSPS) is 16.3. The van der Waals surface area contributed by atoms with Gasteiger partial charge in [0.2, 0.25) is 5.88 Å². The van der Waals surface area contributed by atoms with E-state index in [2.05, 4.69) is 51.3 Å². The minimum atomic E-state index is 0.209. The Bertz CT molecular complexity index is 1150. The number of benzene rings is 1. The van der Waals surface area contributed by atoms with E-state index in [4.69, 9.17) is 0 Å². The first kappa shape index (κ1) is 17.8. The van der Waals surface area contributed by atoms with Gasteiger partial charge in [0.15, 0.2) is 5.82 Å². The number of pyridine rings is 2. The van der Waals surface area contributed by atoms with Crippen LogP contribution >= 0.6 is 0 Å². The molecule has 3 heterocycles. The van der Waals surface area contributed by atoms with Crippen molar-refractivity contribution in [1.29, 1.82) is 0 Å². The summed E-state index contributed by atoms with van der Waals surface area (Å²) in [5, 5.41) is 17.7. The summed E-state index contributed by atoms with van der Waals surface area (Å²) in [7, 11) is 2.13. The van der Waals surface area contributed by atoms with Crippen LogP contribution in [0.1, 0.15) is 23.4 Å².